The Morgan fingerprint density at radius 1 is 1.16 bits per heavy atom. The molecule has 1 saturated carbocycles. The minimum Gasteiger partial charge on any atom is -0.356 e. The number of aromatic nitrogens is 2. The highest BCUT2D eigenvalue weighted by Crippen LogP contribution is 2.30. The largest absolute Gasteiger partial charge is 0.356 e. The van der Waals surface area contributed by atoms with Crippen molar-refractivity contribution in [3.63, 3.8) is 0 Å². The molecule has 1 fully saturated rings. The van der Waals surface area contributed by atoms with E-state index >= 15 is 0 Å². The first kappa shape index (κ1) is 12.3. The second kappa shape index (κ2) is 5.11. The van der Waals surface area contributed by atoms with E-state index in [-0.39, 0.29) is 5.82 Å². The van der Waals surface area contributed by atoms with Crippen molar-refractivity contribution in [2.45, 2.75) is 38.1 Å². The third kappa shape index (κ3) is 2.27. The predicted octanol–water partition coefficient (Wildman–Crippen LogP) is 3.54. The maximum atomic E-state index is 14.1. The standard InChI is InChI=1S/C15H18FN3/c1-19(11-6-3-2-4-7-11)15-14-12(16)8-5-9-13(14)17-10-18-15/h5,8-11H,2-4,6-7H2,1H3. The molecule has 3 rings (SSSR count). The number of hydrogen-bond donors (Lipinski definition) is 0. The number of fused-ring (bicyclic) bond motifs is 1. The Morgan fingerprint density at radius 2 is 1.95 bits per heavy atom. The summed E-state index contributed by atoms with van der Waals surface area (Å²) in [5, 5.41) is 0.540. The van der Waals surface area contributed by atoms with Crippen molar-refractivity contribution >= 4 is 16.7 Å². The summed E-state index contributed by atoms with van der Waals surface area (Å²) in [5.41, 5.74) is 0.674. The number of benzene rings is 1. The van der Waals surface area contributed by atoms with Crippen molar-refractivity contribution in [3.05, 3.63) is 30.3 Å². The zero-order valence-electron chi connectivity index (χ0n) is 11.1. The van der Waals surface area contributed by atoms with Gasteiger partial charge < -0.3 is 4.90 Å². The summed E-state index contributed by atoms with van der Waals surface area (Å²) in [6.07, 6.45) is 7.66. The van der Waals surface area contributed by atoms with Gasteiger partial charge >= 0.3 is 0 Å². The Bertz CT molecular complexity index is 573. The van der Waals surface area contributed by atoms with Crippen LogP contribution >= 0.6 is 0 Å². The van der Waals surface area contributed by atoms with Crippen LogP contribution in [0.3, 0.4) is 0 Å². The average Bonchev–Trinajstić information content (AvgIpc) is 2.47. The molecule has 0 radical (unpaired) electrons. The highest BCUT2D eigenvalue weighted by molar-refractivity contribution is 5.89. The van der Waals surface area contributed by atoms with E-state index in [1.807, 2.05) is 13.1 Å². The van der Waals surface area contributed by atoms with Gasteiger partial charge in [-0.25, -0.2) is 14.4 Å². The van der Waals surface area contributed by atoms with E-state index in [9.17, 15) is 4.39 Å². The van der Waals surface area contributed by atoms with Gasteiger partial charge in [-0.05, 0) is 25.0 Å². The van der Waals surface area contributed by atoms with Gasteiger partial charge in [-0.3, -0.25) is 0 Å². The molecule has 1 aromatic carbocycles. The van der Waals surface area contributed by atoms with Crippen LogP contribution in [-0.4, -0.2) is 23.1 Å². The molecule has 0 aliphatic heterocycles. The van der Waals surface area contributed by atoms with E-state index in [1.165, 1.54) is 31.7 Å². The highest BCUT2D eigenvalue weighted by atomic mass is 19.1. The summed E-state index contributed by atoms with van der Waals surface area (Å²) in [7, 11) is 2.02. The molecule has 1 heterocycles. The van der Waals surface area contributed by atoms with Crippen LogP contribution in [0.1, 0.15) is 32.1 Å². The first-order valence-electron chi connectivity index (χ1n) is 6.89. The van der Waals surface area contributed by atoms with E-state index in [4.69, 9.17) is 0 Å². The normalized spacial score (nSPS) is 16.7. The smallest absolute Gasteiger partial charge is 0.142 e. The lowest BCUT2D eigenvalue weighted by molar-refractivity contribution is 0.426. The number of halogens is 1. The zero-order valence-corrected chi connectivity index (χ0v) is 11.1. The summed E-state index contributed by atoms with van der Waals surface area (Å²) in [4.78, 5) is 10.6. The van der Waals surface area contributed by atoms with Crippen LogP contribution in [0.15, 0.2) is 24.5 Å². The van der Waals surface area contributed by atoms with Crippen molar-refractivity contribution < 1.29 is 4.39 Å². The van der Waals surface area contributed by atoms with Crippen LogP contribution in [0.25, 0.3) is 10.9 Å². The molecular weight excluding hydrogens is 241 g/mol. The monoisotopic (exact) mass is 259 g/mol. The fraction of sp³-hybridized carbons (Fsp3) is 0.467. The first-order chi connectivity index (χ1) is 9.27. The molecule has 0 atom stereocenters. The van der Waals surface area contributed by atoms with Crippen molar-refractivity contribution in [1.29, 1.82) is 0 Å². The van der Waals surface area contributed by atoms with Crippen LogP contribution in [-0.2, 0) is 0 Å². The Labute approximate surface area is 112 Å². The van der Waals surface area contributed by atoms with Gasteiger partial charge in [0.25, 0.3) is 0 Å². The van der Waals surface area contributed by atoms with Gasteiger partial charge in [-0.15, -0.1) is 0 Å². The quantitative estimate of drug-likeness (QED) is 0.826. The number of anilines is 1. The van der Waals surface area contributed by atoms with E-state index in [0.29, 0.717) is 16.9 Å². The van der Waals surface area contributed by atoms with Gasteiger partial charge in [0.05, 0.1) is 10.9 Å². The topological polar surface area (TPSA) is 29.0 Å². The molecule has 1 aliphatic carbocycles. The molecule has 19 heavy (non-hydrogen) atoms. The van der Waals surface area contributed by atoms with Crippen LogP contribution in [0.5, 0.6) is 0 Å². The second-order valence-corrected chi connectivity index (χ2v) is 5.23. The number of nitrogens with zero attached hydrogens (tertiary/aromatic N) is 3. The van der Waals surface area contributed by atoms with E-state index in [1.54, 1.807) is 6.07 Å². The second-order valence-electron chi connectivity index (χ2n) is 5.23. The lowest BCUT2D eigenvalue weighted by Crippen LogP contribution is -2.34. The molecule has 1 aromatic heterocycles. The molecule has 0 saturated heterocycles. The van der Waals surface area contributed by atoms with Crippen LogP contribution in [0.2, 0.25) is 0 Å². The number of rotatable bonds is 2. The van der Waals surface area contributed by atoms with E-state index < -0.39 is 0 Å². The van der Waals surface area contributed by atoms with Crippen LogP contribution in [0.4, 0.5) is 10.2 Å². The molecule has 0 bridgehead atoms. The molecule has 100 valence electrons. The minimum atomic E-state index is -0.240. The Morgan fingerprint density at radius 3 is 2.74 bits per heavy atom. The van der Waals surface area contributed by atoms with Gasteiger partial charge in [0, 0.05) is 13.1 Å². The molecule has 0 N–H and O–H groups in total. The summed E-state index contributed by atoms with van der Waals surface area (Å²) in [6, 6.07) is 5.46. The van der Waals surface area contributed by atoms with E-state index in [0.717, 1.165) is 18.7 Å². The van der Waals surface area contributed by atoms with Gasteiger partial charge in [-0.2, -0.15) is 0 Å². The third-order valence-electron chi connectivity index (χ3n) is 4.05. The predicted molar refractivity (Wildman–Crippen MR) is 74.8 cm³/mol. The Kier molecular flexibility index (Phi) is 3.32. The maximum Gasteiger partial charge on any atom is 0.142 e. The molecule has 0 spiro atoms. The lowest BCUT2D eigenvalue weighted by Gasteiger charge is -2.32. The Hall–Kier alpha value is -1.71. The van der Waals surface area contributed by atoms with Crippen LogP contribution < -0.4 is 4.90 Å². The van der Waals surface area contributed by atoms with Crippen LogP contribution in [0, 0.1) is 5.82 Å². The molecule has 4 heteroatoms. The molecule has 0 unspecified atom stereocenters. The van der Waals surface area contributed by atoms with Crippen molar-refractivity contribution in [2.24, 2.45) is 0 Å². The van der Waals surface area contributed by atoms with Gasteiger partial charge in [-0.1, -0.05) is 25.3 Å². The fourth-order valence-electron chi connectivity index (χ4n) is 2.96. The lowest BCUT2D eigenvalue weighted by atomic mass is 9.94. The van der Waals surface area contributed by atoms with Crippen molar-refractivity contribution in [3.8, 4) is 0 Å². The minimum absolute atomic E-state index is 0.240. The summed E-state index contributed by atoms with van der Waals surface area (Å²) in [6.45, 7) is 0. The maximum absolute atomic E-state index is 14.1. The summed E-state index contributed by atoms with van der Waals surface area (Å²) >= 11 is 0. The fourth-order valence-corrected chi connectivity index (χ4v) is 2.96. The highest BCUT2D eigenvalue weighted by Gasteiger charge is 2.21. The molecule has 3 nitrogen and oxygen atoms in total. The average molecular weight is 259 g/mol. The molecule has 2 aromatic rings. The SMILES string of the molecule is CN(c1ncnc2cccc(F)c12)C1CCCCC1. The van der Waals surface area contributed by atoms with Gasteiger partial charge in [0.2, 0.25) is 0 Å². The van der Waals surface area contributed by atoms with Crippen molar-refractivity contribution in [1.82, 2.24) is 9.97 Å². The van der Waals surface area contributed by atoms with Gasteiger partial charge in [0.15, 0.2) is 0 Å². The first-order valence-corrected chi connectivity index (χ1v) is 6.89. The molecular formula is C15H18FN3. The van der Waals surface area contributed by atoms with E-state index in [2.05, 4.69) is 14.9 Å². The number of hydrogen-bond acceptors (Lipinski definition) is 3. The summed E-state index contributed by atoms with van der Waals surface area (Å²) in [5.74, 6) is 0.478. The summed E-state index contributed by atoms with van der Waals surface area (Å²) < 4.78 is 14.1. The zero-order chi connectivity index (χ0) is 13.2. The van der Waals surface area contributed by atoms with Gasteiger partial charge in [0.1, 0.15) is 18.0 Å². The molecule has 1 aliphatic rings. The third-order valence-corrected chi connectivity index (χ3v) is 4.05. The van der Waals surface area contributed by atoms with Crippen molar-refractivity contribution in [2.75, 3.05) is 11.9 Å². The Balaban J connectivity index is 2.04. The molecule has 0 amide bonds.